The van der Waals surface area contributed by atoms with Crippen molar-refractivity contribution >= 4 is 28.7 Å². The summed E-state index contributed by atoms with van der Waals surface area (Å²) in [6, 6.07) is 10.1. The van der Waals surface area contributed by atoms with Crippen LogP contribution in [0.2, 0.25) is 0 Å². The van der Waals surface area contributed by atoms with Gasteiger partial charge in [0, 0.05) is 27.7 Å². The predicted octanol–water partition coefficient (Wildman–Crippen LogP) is 4.87. The van der Waals surface area contributed by atoms with E-state index < -0.39 is 5.60 Å². The monoisotopic (exact) mass is 456 g/mol. The molecule has 3 unspecified atom stereocenters. The Labute approximate surface area is 164 Å². The Balaban J connectivity index is 1.60. The second-order valence-electron chi connectivity index (χ2n) is 8.38. The van der Waals surface area contributed by atoms with Crippen molar-refractivity contribution in [1.82, 2.24) is 10.2 Å². The van der Waals surface area contributed by atoms with Crippen molar-refractivity contribution in [1.29, 1.82) is 0 Å². The van der Waals surface area contributed by atoms with E-state index in [1.807, 2.05) is 25.7 Å². The summed E-state index contributed by atoms with van der Waals surface area (Å²) in [5.74, 6) is 0. The number of ether oxygens (including phenoxy) is 1. The molecule has 138 valence electrons. The molecule has 0 aromatic heterocycles. The third-order valence-electron chi connectivity index (χ3n) is 5.19. The maximum atomic E-state index is 12.5. The van der Waals surface area contributed by atoms with Gasteiger partial charge in [0.2, 0.25) is 0 Å². The van der Waals surface area contributed by atoms with Crippen molar-refractivity contribution in [2.45, 2.75) is 83.1 Å². The van der Waals surface area contributed by atoms with Crippen LogP contribution in [0.25, 0.3) is 0 Å². The van der Waals surface area contributed by atoms with E-state index in [1.54, 1.807) is 0 Å². The summed E-state index contributed by atoms with van der Waals surface area (Å²) in [5, 5.41) is 3.78. The SMILES string of the molecule is CC(NC1CC2CCC(C1)N2C(=O)OC(C)(C)C)c1ccc(I)cc1. The highest BCUT2D eigenvalue weighted by atomic mass is 127. The third-order valence-corrected chi connectivity index (χ3v) is 5.91. The Morgan fingerprint density at radius 2 is 1.76 bits per heavy atom. The van der Waals surface area contributed by atoms with Gasteiger partial charge in [-0.05, 0) is 93.7 Å². The van der Waals surface area contributed by atoms with Crippen molar-refractivity contribution in [2.24, 2.45) is 0 Å². The number of carbonyl (C=O) groups excluding carboxylic acids is 1. The number of benzene rings is 1. The van der Waals surface area contributed by atoms with Crippen LogP contribution in [-0.2, 0) is 4.74 Å². The Morgan fingerprint density at radius 1 is 1.20 bits per heavy atom. The van der Waals surface area contributed by atoms with E-state index in [0.717, 1.165) is 25.7 Å². The molecule has 5 heteroatoms. The Morgan fingerprint density at radius 3 is 2.28 bits per heavy atom. The fraction of sp³-hybridized carbons (Fsp3) is 0.650. The van der Waals surface area contributed by atoms with Crippen molar-refractivity contribution in [3.8, 4) is 0 Å². The topological polar surface area (TPSA) is 41.6 Å². The van der Waals surface area contributed by atoms with E-state index in [9.17, 15) is 4.79 Å². The Kier molecular flexibility index (Phi) is 5.63. The van der Waals surface area contributed by atoms with Crippen LogP contribution in [0.5, 0.6) is 0 Å². The summed E-state index contributed by atoms with van der Waals surface area (Å²) >= 11 is 2.34. The molecule has 2 aliphatic rings. The lowest BCUT2D eigenvalue weighted by Crippen LogP contribution is -2.52. The lowest BCUT2D eigenvalue weighted by Gasteiger charge is -2.40. The molecule has 2 aliphatic heterocycles. The van der Waals surface area contributed by atoms with Crippen molar-refractivity contribution in [2.75, 3.05) is 0 Å². The minimum absolute atomic E-state index is 0.135. The van der Waals surface area contributed by atoms with Gasteiger partial charge in [-0.1, -0.05) is 12.1 Å². The zero-order valence-corrected chi connectivity index (χ0v) is 17.7. The molecule has 1 aromatic rings. The summed E-state index contributed by atoms with van der Waals surface area (Å²) < 4.78 is 6.88. The highest BCUT2D eigenvalue weighted by Gasteiger charge is 2.44. The van der Waals surface area contributed by atoms with E-state index in [4.69, 9.17) is 4.74 Å². The fourth-order valence-electron chi connectivity index (χ4n) is 4.13. The molecule has 2 fully saturated rings. The van der Waals surface area contributed by atoms with E-state index in [1.165, 1.54) is 9.13 Å². The zero-order valence-electron chi connectivity index (χ0n) is 15.6. The number of nitrogens with zero attached hydrogens (tertiary/aromatic N) is 1. The Bertz CT molecular complexity index is 597. The summed E-state index contributed by atoms with van der Waals surface area (Å²) in [7, 11) is 0. The lowest BCUT2D eigenvalue weighted by atomic mass is 9.96. The number of nitrogens with one attached hydrogen (secondary N) is 1. The highest BCUT2D eigenvalue weighted by Crippen LogP contribution is 2.37. The third kappa shape index (κ3) is 4.67. The average molecular weight is 456 g/mol. The minimum Gasteiger partial charge on any atom is -0.444 e. The summed E-state index contributed by atoms with van der Waals surface area (Å²) in [6.07, 6.45) is 4.10. The molecule has 2 bridgehead atoms. The number of halogens is 1. The van der Waals surface area contributed by atoms with Crippen molar-refractivity contribution in [3.63, 3.8) is 0 Å². The lowest BCUT2D eigenvalue weighted by molar-refractivity contribution is 0.00435. The van der Waals surface area contributed by atoms with Crippen molar-refractivity contribution in [3.05, 3.63) is 33.4 Å². The van der Waals surface area contributed by atoms with Gasteiger partial charge in [0.25, 0.3) is 0 Å². The van der Waals surface area contributed by atoms with Crippen LogP contribution in [-0.4, -0.2) is 34.7 Å². The van der Waals surface area contributed by atoms with Gasteiger partial charge in [0.05, 0.1) is 0 Å². The van der Waals surface area contributed by atoms with Crippen LogP contribution in [0.4, 0.5) is 4.79 Å². The second-order valence-corrected chi connectivity index (χ2v) is 9.63. The quantitative estimate of drug-likeness (QED) is 0.660. The van der Waals surface area contributed by atoms with E-state index in [0.29, 0.717) is 24.2 Å². The molecular weight excluding hydrogens is 427 g/mol. The van der Waals surface area contributed by atoms with Gasteiger partial charge in [0.15, 0.2) is 0 Å². The maximum Gasteiger partial charge on any atom is 0.410 e. The second kappa shape index (κ2) is 7.43. The molecule has 25 heavy (non-hydrogen) atoms. The van der Waals surface area contributed by atoms with Gasteiger partial charge in [-0.15, -0.1) is 0 Å². The molecule has 0 radical (unpaired) electrons. The number of hydrogen-bond acceptors (Lipinski definition) is 3. The van der Waals surface area contributed by atoms with Gasteiger partial charge in [-0.25, -0.2) is 4.79 Å². The number of fused-ring (bicyclic) bond motifs is 2. The molecule has 1 aromatic carbocycles. The molecule has 0 spiro atoms. The average Bonchev–Trinajstić information content (AvgIpc) is 2.78. The first-order valence-corrected chi connectivity index (χ1v) is 10.3. The first kappa shape index (κ1) is 19.0. The smallest absolute Gasteiger partial charge is 0.410 e. The molecule has 2 saturated heterocycles. The number of carbonyl (C=O) groups is 1. The number of hydrogen-bond donors (Lipinski definition) is 1. The van der Waals surface area contributed by atoms with Gasteiger partial charge in [0.1, 0.15) is 5.60 Å². The fourth-order valence-corrected chi connectivity index (χ4v) is 4.49. The van der Waals surface area contributed by atoms with Crippen LogP contribution in [0.3, 0.4) is 0 Å². The van der Waals surface area contributed by atoms with Gasteiger partial charge >= 0.3 is 6.09 Å². The van der Waals surface area contributed by atoms with Gasteiger partial charge in [-0.3, -0.25) is 0 Å². The summed E-state index contributed by atoms with van der Waals surface area (Å²) in [4.78, 5) is 14.6. The molecular formula is C20H29IN2O2. The van der Waals surface area contributed by atoms with E-state index >= 15 is 0 Å². The molecule has 0 saturated carbocycles. The minimum atomic E-state index is -0.426. The largest absolute Gasteiger partial charge is 0.444 e. The van der Waals surface area contributed by atoms with Crippen LogP contribution in [0.1, 0.15) is 65.0 Å². The van der Waals surface area contributed by atoms with Gasteiger partial charge in [-0.2, -0.15) is 0 Å². The summed E-state index contributed by atoms with van der Waals surface area (Å²) in [5.41, 5.74) is 0.896. The molecule has 4 nitrogen and oxygen atoms in total. The molecule has 0 aliphatic carbocycles. The molecule has 3 rings (SSSR count). The standard InChI is InChI=1S/C20H29IN2O2/c1-13(14-5-7-15(21)8-6-14)22-16-11-17-9-10-18(12-16)23(17)19(24)25-20(2,3)4/h5-8,13,16-18,22H,9-12H2,1-4H3. The first-order chi connectivity index (χ1) is 11.7. The highest BCUT2D eigenvalue weighted by molar-refractivity contribution is 14.1. The van der Waals surface area contributed by atoms with Gasteiger partial charge < -0.3 is 15.0 Å². The molecule has 1 N–H and O–H groups in total. The van der Waals surface area contributed by atoms with Crippen molar-refractivity contribution < 1.29 is 9.53 Å². The van der Waals surface area contributed by atoms with Crippen LogP contribution >= 0.6 is 22.6 Å². The molecule has 2 heterocycles. The van der Waals surface area contributed by atoms with Crippen LogP contribution in [0.15, 0.2) is 24.3 Å². The predicted molar refractivity (Wildman–Crippen MR) is 109 cm³/mol. The van der Waals surface area contributed by atoms with E-state index in [2.05, 4.69) is 59.1 Å². The van der Waals surface area contributed by atoms with Crippen LogP contribution < -0.4 is 5.32 Å². The summed E-state index contributed by atoms with van der Waals surface area (Å²) in [6.45, 7) is 8.03. The molecule has 3 atom stereocenters. The van der Waals surface area contributed by atoms with Crippen LogP contribution in [0, 0.1) is 3.57 Å². The normalized spacial score (nSPS) is 27.2. The molecule has 1 amide bonds. The first-order valence-electron chi connectivity index (χ1n) is 9.26. The number of amides is 1. The number of rotatable bonds is 3. The number of piperidine rings is 1. The maximum absolute atomic E-state index is 12.5. The van der Waals surface area contributed by atoms with E-state index in [-0.39, 0.29) is 6.09 Å². The Hall–Kier alpha value is -0.820. The zero-order chi connectivity index (χ0) is 18.2.